The van der Waals surface area contributed by atoms with Crippen LogP contribution in [0.4, 0.5) is 22.0 Å². The molecule has 5 nitrogen and oxygen atoms in total. The summed E-state index contributed by atoms with van der Waals surface area (Å²) in [7, 11) is 0.812. The molecule has 1 heterocycles. The van der Waals surface area contributed by atoms with Gasteiger partial charge in [0.05, 0.1) is 5.56 Å². The summed E-state index contributed by atoms with van der Waals surface area (Å²) in [5, 5.41) is -2.16. The van der Waals surface area contributed by atoms with Gasteiger partial charge in [0.2, 0.25) is 0 Å². The summed E-state index contributed by atoms with van der Waals surface area (Å²) >= 11 is -4.17. The van der Waals surface area contributed by atoms with E-state index in [-0.39, 0.29) is 11.0 Å². The Hall–Kier alpha value is -1.36. The fourth-order valence-corrected chi connectivity index (χ4v) is 1.61. The van der Waals surface area contributed by atoms with E-state index >= 15 is 0 Å². The molecule has 1 unspecified atom stereocenters. The van der Waals surface area contributed by atoms with Crippen LogP contribution in [0.3, 0.4) is 0 Å². The van der Waals surface area contributed by atoms with Crippen molar-refractivity contribution < 1.29 is 35.5 Å². The van der Waals surface area contributed by atoms with Crippen molar-refractivity contribution in [1.29, 1.82) is 0 Å². The number of hydrogen-bond acceptors (Lipinski definition) is 4. The van der Waals surface area contributed by atoms with Crippen molar-refractivity contribution in [3.63, 3.8) is 0 Å². The first-order chi connectivity index (χ1) is 8.03. The third-order valence-electron chi connectivity index (χ3n) is 1.97. The normalized spacial score (nSPS) is 14.6. The average molecular weight is 291 g/mol. The topological polar surface area (TPSA) is 75.0 Å². The van der Waals surface area contributed by atoms with Gasteiger partial charge in [-0.25, -0.2) is 0 Å². The molecule has 18 heavy (non-hydrogen) atoms. The Labute approximate surface area is 98.9 Å². The lowest BCUT2D eigenvalue weighted by atomic mass is 10.2. The van der Waals surface area contributed by atoms with E-state index < -0.39 is 39.5 Å². The molecule has 0 fully saturated rings. The van der Waals surface area contributed by atoms with Crippen molar-refractivity contribution in [1.82, 2.24) is 9.78 Å². The lowest BCUT2D eigenvalue weighted by Gasteiger charge is -2.20. The lowest BCUT2D eigenvalue weighted by Crippen LogP contribution is -2.25. The Morgan fingerprint density at radius 1 is 1.33 bits per heavy atom. The molecule has 0 aliphatic heterocycles. The minimum absolute atomic E-state index is 0.242. The largest absolute Gasteiger partial charge is 0.768 e. The monoisotopic (exact) mass is 291 g/mol. The number of aromatic nitrogens is 2. The maximum atomic E-state index is 13.2. The summed E-state index contributed by atoms with van der Waals surface area (Å²) in [6.07, 6.45) is -5.63. The highest BCUT2D eigenvalue weighted by Crippen LogP contribution is 2.41. The van der Waals surface area contributed by atoms with Crippen molar-refractivity contribution in [2.75, 3.05) is 0 Å². The number of carbonyl (C=O) groups is 1. The second-order valence-corrected chi connectivity index (χ2v) is 4.08. The number of rotatable bonds is 3. The van der Waals surface area contributed by atoms with Crippen LogP contribution in [0.5, 0.6) is 0 Å². The molecular formula is C7H4F5N2O3S-. The predicted octanol–water partition coefficient (Wildman–Crippen LogP) is 1.18. The fraction of sp³-hybridized carbons (Fsp3) is 0.429. The molecule has 0 saturated heterocycles. The van der Waals surface area contributed by atoms with Crippen LogP contribution in [0, 0.1) is 0 Å². The van der Waals surface area contributed by atoms with Gasteiger partial charge in [0.15, 0.2) is 12.0 Å². The first-order valence-electron chi connectivity index (χ1n) is 4.10. The molecule has 0 radical (unpaired) electrons. The molecule has 0 N–H and O–H groups in total. The van der Waals surface area contributed by atoms with E-state index in [1.54, 1.807) is 0 Å². The minimum atomic E-state index is -5.31. The van der Waals surface area contributed by atoms with E-state index in [2.05, 4.69) is 5.10 Å². The summed E-state index contributed by atoms with van der Waals surface area (Å²) in [5.41, 5.74) is -5.24. The van der Waals surface area contributed by atoms with Crippen molar-refractivity contribution >= 4 is 17.4 Å². The third kappa shape index (κ3) is 2.27. The Morgan fingerprint density at radius 3 is 2.17 bits per heavy atom. The lowest BCUT2D eigenvalue weighted by molar-refractivity contribution is -0.143. The van der Waals surface area contributed by atoms with Crippen molar-refractivity contribution in [2.45, 2.75) is 11.4 Å². The second-order valence-electron chi connectivity index (χ2n) is 3.10. The zero-order chi connectivity index (χ0) is 14.3. The van der Waals surface area contributed by atoms with Gasteiger partial charge in [0, 0.05) is 18.1 Å². The van der Waals surface area contributed by atoms with Gasteiger partial charge in [-0.3, -0.25) is 13.7 Å². The molecule has 0 bridgehead atoms. The number of aldehydes is 1. The van der Waals surface area contributed by atoms with E-state index in [1.807, 2.05) is 0 Å². The highest BCUT2D eigenvalue weighted by Gasteiger charge is 2.49. The molecule has 0 saturated carbocycles. The first kappa shape index (κ1) is 14.7. The Morgan fingerprint density at radius 2 is 1.83 bits per heavy atom. The molecule has 1 atom stereocenters. The van der Waals surface area contributed by atoms with Crippen molar-refractivity contribution in [2.24, 2.45) is 7.05 Å². The molecule has 102 valence electrons. The molecule has 0 aromatic carbocycles. The van der Waals surface area contributed by atoms with Crippen LogP contribution in [0.2, 0.25) is 0 Å². The molecule has 1 aromatic heterocycles. The average Bonchev–Trinajstić information content (AvgIpc) is 2.54. The van der Waals surface area contributed by atoms with Gasteiger partial charge in [-0.05, 0) is 0 Å². The van der Waals surface area contributed by atoms with Gasteiger partial charge in [0.1, 0.15) is 5.69 Å². The number of aryl methyl sites for hydroxylation is 1. The minimum Gasteiger partial charge on any atom is -0.768 e. The van der Waals surface area contributed by atoms with Crippen molar-refractivity contribution in [3.05, 3.63) is 17.0 Å². The second kappa shape index (κ2) is 4.39. The number of carbonyl (C=O) groups excluding carboxylic acids is 1. The number of nitrogens with zero attached hydrogens (tertiary/aromatic N) is 2. The van der Waals surface area contributed by atoms with Crippen LogP contribution >= 0.6 is 0 Å². The molecule has 0 spiro atoms. The molecule has 0 amide bonds. The summed E-state index contributed by atoms with van der Waals surface area (Å²) < 4.78 is 84.6. The van der Waals surface area contributed by atoms with Crippen LogP contribution in [0.1, 0.15) is 21.7 Å². The molecule has 11 heteroatoms. The van der Waals surface area contributed by atoms with E-state index in [1.165, 1.54) is 0 Å². The zero-order valence-electron chi connectivity index (χ0n) is 8.49. The van der Waals surface area contributed by atoms with Crippen molar-refractivity contribution in [3.8, 4) is 0 Å². The van der Waals surface area contributed by atoms with Crippen LogP contribution in [0.15, 0.2) is 0 Å². The van der Waals surface area contributed by atoms with Gasteiger partial charge in [-0.1, -0.05) is 0 Å². The van der Waals surface area contributed by atoms with Crippen LogP contribution in [-0.4, -0.2) is 24.8 Å². The van der Waals surface area contributed by atoms with Crippen LogP contribution in [-0.2, 0) is 29.6 Å². The molecule has 1 aromatic rings. The zero-order valence-corrected chi connectivity index (χ0v) is 9.31. The summed E-state index contributed by atoms with van der Waals surface area (Å²) in [4.78, 5) is 10.5. The molecule has 0 aliphatic rings. The number of halogens is 5. The first-order valence-corrected chi connectivity index (χ1v) is 5.18. The maximum Gasteiger partial charge on any atom is 0.435 e. The summed E-state index contributed by atoms with van der Waals surface area (Å²) in [6.45, 7) is 0. The van der Waals surface area contributed by atoms with E-state index in [0.29, 0.717) is 0 Å². The molecular weight excluding hydrogens is 287 g/mol. The van der Waals surface area contributed by atoms with E-state index in [4.69, 9.17) is 0 Å². The van der Waals surface area contributed by atoms with Crippen LogP contribution < -0.4 is 0 Å². The summed E-state index contributed by atoms with van der Waals surface area (Å²) in [5.74, 6) is 0. The highest BCUT2D eigenvalue weighted by molar-refractivity contribution is 7.79. The SMILES string of the molecule is Cn1nc(C(F)(F)F)c(C(F)(F)S(=O)[O-])c1C=O. The maximum absolute atomic E-state index is 13.2. The smallest absolute Gasteiger partial charge is 0.435 e. The Bertz CT molecular complexity index is 510. The Balaban J connectivity index is 3.69. The quantitative estimate of drug-likeness (QED) is 0.476. The van der Waals surface area contributed by atoms with E-state index in [0.717, 1.165) is 7.05 Å². The van der Waals surface area contributed by atoms with Gasteiger partial charge in [-0.15, -0.1) is 0 Å². The Kier molecular flexibility index (Phi) is 3.58. The molecule has 1 rings (SSSR count). The van der Waals surface area contributed by atoms with Gasteiger partial charge >= 0.3 is 11.4 Å². The van der Waals surface area contributed by atoms with E-state index in [9.17, 15) is 35.5 Å². The van der Waals surface area contributed by atoms with Gasteiger partial charge < -0.3 is 4.55 Å². The summed E-state index contributed by atoms with van der Waals surface area (Å²) in [6, 6.07) is 0. The molecule has 0 aliphatic carbocycles. The standard InChI is InChI=1S/C7H5F5N2O3S/c1-14-3(2-15)4(7(11,12)18(16)17)5(13-14)6(8,9)10/h2H,1H3,(H,16,17)/p-1. The predicted molar refractivity (Wildman–Crippen MR) is 46.4 cm³/mol. The van der Waals surface area contributed by atoms with Gasteiger partial charge in [-0.2, -0.15) is 27.1 Å². The fourth-order valence-electron chi connectivity index (χ4n) is 1.24. The number of alkyl halides is 5. The van der Waals surface area contributed by atoms with Gasteiger partial charge in [0.25, 0.3) is 0 Å². The number of hydrogen-bond donors (Lipinski definition) is 0. The third-order valence-corrected chi connectivity index (χ3v) is 2.59. The highest BCUT2D eigenvalue weighted by atomic mass is 32.2. The van der Waals surface area contributed by atoms with Crippen LogP contribution in [0.25, 0.3) is 0 Å².